The van der Waals surface area contributed by atoms with Crippen LogP contribution in [0.5, 0.6) is 0 Å². The third-order valence-electron chi connectivity index (χ3n) is 17.3. The topological polar surface area (TPSA) is 108 Å². The number of carboxylic acids is 1. The first-order chi connectivity index (χ1) is 42.3. The van der Waals surface area contributed by atoms with Gasteiger partial charge in [0.15, 0.2) is 17.6 Å². The van der Waals surface area contributed by atoms with Crippen molar-refractivity contribution in [2.45, 2.75) is 129 Å². The second-order valence-corrected chi connectivity index (χ2v) is 24.6. The standard InChI is InChI=1S/C35H37ClN2O2.C21H25NO2.C20H19ClN2.ClH.2HI/c1-35(2)32(21-19-27-13-11-14-28(34(27)36)24-37-29-15-5-3-6-16-29)38(22-9-4-10-23-40-25-39)31-20-18-26-12-7-8-17-30(26)33(31)35;1-15-21(2,3)20-17-10-7-6-9-16(17)12-13-18(20)22(15)14-8-4-5-11-19(23)24;21-20-16(14-22-18-10-3-1-4-11-18)8-7-9-17(20)15-23-19-12-5-2-6-13-19;;;/h3,5-8,12,15-21,24-25H,4,9-11,13-14,22-23H2,1-2H3;6-7,9-10,12-13H,4-5,8,11,14H2,1-3H3;1-6,10-15,22H,7-9H2;3*1H/b;;16-14+,23-15?;;;. The highest BCUT2D eigenvalue weighted by Crippen LogP contribution is 2.46. The van der Waals surface area contributed by atoms with Crippen LogP contribution in [0, 0.1) is 0 Å². The number of rotatable bonds is 21. The van der Waals surface area contributed by atoms with E-state index in [-0.39, 0.29) is 77.6 Å². The Kier molecular flexibility index (Phi) is 28.6. The van der Waals surface area contributed by atoms with E-state index in [2.05, 4.69) is 163 Å². The van der Waals surface area contributed by atoms with E-state index in [1.54, 1.807) is 0 Å². The van der Waals surface area contributed by atoms with Gasteiger partial charge < -0.3 is 80.8 Å². The van der Waals surface area contributed by atoms with Gasteiger partial charge in [-0.2, -0.15) is 9.15 Å². The number of aliphatic carboxylic acids is 1. The highest BCUT2D eigenvalue weighted by atomic mass is 127. The molecule has 472 valence electrons. The van der Waals surface area contributed by atoms with Crippen LogP contribution < -0.4 is 76.0 Å². The van der Waals surface area contributed by atoms with Crippen molar-refractivity contribution in [2.24, 2.45) is 0 Å². The van der Waals surface area contributed by atoms with Gasteiger partial charge in [-0.3, -0.25) is 9.59 Å². The molecule has 7 aromatic carbocycles. The molecule has 0 unspecified atom stereocenters. The Morgan fingerprint density at radius 3 is 1.61 bits per heavy atom. The van der Waals surface area contributed by atoms with Crippen molar-refractivity contribution in [3.05, 3.63) is 232 Å². The monoisotopic (exact) mass is 1490 g/mol. The van der Waals surface area contributed by atoms with Crippen molar-refractivity contribution in [1.29, 1.82) is 0 Å². The number of ether oxygens (including phenoxy) is 1. The third-order valence-corrected chi connectivity index (χ3v) is 18.3. The molecule has 4 N–H and O–H groups in total. The molecule has 0 aromatic heterocycles. The molecule has 0 radical (unpaired) electrons. The Labute approximate surface area is 583 Å². The van der Waals surface area contributed by atoms with Gasteiger partial charge in [0.2, 0.25) is 17.1 Å². The van der Waals surface area contributed by atoms with Crippen LogP contribution in [0.4, 0.5) is 28.4 Å². The summed E-state index contributed by atoms with van der Waals surface area (Å²) in [5.41, 5.74) is 15.8. The van der Waals surface area contributed by atoms with E-state index in [1.807, 2.05) is 91.3 Å². The zero-order chi connectivity index (χ0) is 61.2. The highest BCUT2D eigenvalue weighted by molar-refractivity contribution is 6.34. The quantitative estimate of drug-likeness (QED) is 0.0189. The fourth-order valence-corrected chi connectivity index (χ4v) is 13.1. The first kappa shape index (κ1) is 72.7. The van der Waals surface area contributed by atoms with E-state index < -0.39 is 5.97 Å². The minimum atomic E-state index is -0.697. The molecule has 0 fully saturated rings. The van der Waals surface area contributed by atoms with Gasteiger partial charge in [-0.25, -0.2) is 4.99 Å². The average Bonchev–Trinajstić information content (AvgIpc) is 1.58. The Bertz CT molecular complexity index is 3840. The molecule has 14 heteroatoms. The number of unbranched alkanes of at least 4 members (excludes halogenated alkanes) is 4. The lowest BCUT2D eigenvalue weighted by Crippen LogP contribution is -3.00. The molecule has 0 saturated heterocycles. The number of nitrogens with one attached hydrogen (secondary N) is 3. The van der Waals surface area contributed by atoms with Crippen molar-refractivity contribution in [2.75, 3.05) is 30.3 Å². The molecule has 0 saturated carbocycles. The predicted molar refractivity (Wildman–Crippen MR) is 363 cm³/mol. The molecule has 4 aliphatic rings. The molecular weight excluding hydrogens is 1410 g/mol. The second kappa shape index (κ2) is 35.5. The van der Waals surface area contributed by atoms with Crippen LogP contribution in [0.2, 0.25) is 0 Å². The van der Waals surface area contributed by atoms with Crippen LogP contribution in [-0.4, -0.2) is 64.0 Å². The van der Waals surface area contributed by atoms with Gasteiger partial charge >= 0.3 is 5.97 Å². The maximum absolute atomic E-state index is 10.6. The van der Waals surface area contributed by atoms with Crippen LogP contribution in [0.3, 0.4) is 0 Å². The van der Waals surface area contributed by atoms with Gasteiger partial charge in [-0.05, 0) is 167 Å². The summed E-state index contributed by atoms with van der Waals surface area (Å²) >= 11 is 13.6. The number of nitrogens with zero attached hydrogens (tertiary/aromatic N) is 2. The number of hydrogen-bond donors (Lipinski definition) is 4. The first-order valence-corrected chi connectivity index (χ1v) is 31.7. The van der Waals surface area contributed by atoms with Gasteiger partial charge in [0.1, 0.15) is 13.1 Å². The fourth-order valence-electron chi connectivity index (χ4n) is 12.5. The molecule has 0 amide bonds. The van der Waals surface area contributed by atoms with Crippen molar-refractivity contribution in [3.8, 4) is 0 Å². The summed E-state index contributed by atoms with van der Waals surface area (Å²) in [6, 6.07) is 56.7. The lowest BCUT2D eigenvalue weighted by Gasteiger charge is -2.19. The lowest BCUT2D eigenvalue weighted by atomic mass is 9.79. The van der Waals surface area contributed by atoms with Gasteiger partial charge in [0.05, 0.1) is 22.5 Å². The number of allylic oxidation sites excluding steroid dienone is 8. The minimum absolute atomic E-state index is 0. The average molecular weight is 1490 g/mol. The Hall–Kier alpha value is -6.36. The van der Waals surface area contributed by atoms with Gasteiger partial charge in [-0.15, -0.1) is 0 Å². The van der Waals surface area contributed by atoms with Gasteiger partial charge in [0.25, 0.3) is 6.47 Å². The number of benzene rings is 7. The minimum Gasteiger partial charge on any atom is -1.00 e. The van der Waals surface area contributed by atoms with Crippen LogP contribution in [0.25, 0.3) is 21.5 Å². The lowest BCUT2D eigenvalue weighted by molar-refractivity contribution is -0.439. The summed E-state index contributed by atoms with van der Waals surface area (Å²) in [5.74, 6) is -0.697. The molecule has 2 heterocycles. The number of halogens is 5. The number of anilines is 2. The Morgan fingerprint density at radius 1 is 0.578 bits per heavy atom. The fraction of sp³-hybridized carbons (Fsp3) is 0.303. The number of hydrogen-bond acceptors (Lipinski definition) is 5. The third kappa shape index (κ3) is 18.4. The van der Waals surface area contributed by atoms with Crippen LogP contribution >= 0.6 is 23.2 Å². The van der Waals surface area contributed by atoms with Gasteiger partial charge in [0, 0.05) is 102 Å². The number of carboxylic acid groups (broad SMARTS) is 1. The normalized spacial score (nSPS) is 16.4. The van der Waals surface area contributed by atoms with E-state index in [9.17, 15) is 9.59 Å². The molecule has 7 aromatic rings. The number of carbonyl (C=O) groups excluding carboxylic acids is 1. The van der Waals surface area contributed by atoms with E-state index in [0.29, 0.717) is 13.1 Å². The number of para-hydroxylation sites is 3. The molecule has 2 aliphatic carbocycles. The summed E-state index contributed by atoms with van der Waals surface area (Å²) in [6.45, 7) is 14.4. The summed E-state index contributed by atoms with van der Waals surface area (Å²) in [7, 11) is 0. The molecule has 11 rings (SSSR count). The van der Waals surface area contributed by atoms with E-state index in [1.165, 1.54) is 61.0 Å². The van der Waals surface area contributed by atoms with E-state index in [4.69, 9.17) is 33.0 Å². The zero-order valence-corrected chi connectivity index (χ0v) is 58.9. The molecule has 0 spiro atoms. The summed E-state index contributed by atoms with van der Waals surface area (Å²) in [4.78, 5) is 24.4. The maximum atomic E-state index is 10.6. The first-order valence-electron chi connectivity index (χ1n) is 31.0. The Morgan fingerprint density at radius 2 is 1.06 bits per heavy atom. The second-order valence-electron chi connectivity index (χ2n) is 23.9. The summed E-state index contributed by atoms with van der Waals surface area (Å²) in [5, 5.41) is 22.4. The number of fused-ring (bicyclic) bond motifs is 6. The van der Waals surface area contributed by atoms with Crippen molar-refractivity contribution in [3.63, 3.8) is 0 Å². The SMILES string of the molecule is CC1(C)C(/C=C/C2=C(Cl)C(=C/Nc3ccccc3)/CCC2)=[N+](CCCCCOC=O)c2ccc3ccccc3c21.CC1=[N+](CCCCCC(=O)O)c2ccc3ccccc3c2C1(C)C.ClC1=C(C=[NH+]c2ccccc2)CCC/C1=C\Nc1ccccc1.[Cl-].[I-].[I-]. The van der Waals surface area contributed by atoms with Crippen molar-refractivity contribution >= 4 is 103 Å². The molecule has 9 nitrogen and oxygen atoms in total. The zero-order valence-electron chi connectivity index (χ0n) is 52.3. The smallest absolute Gasteiger partial charge is 0.303 e. The van der Waals surface area contributed by atoms with Crippen LogP contribution in [0.15, 0.2) is 221 Å². The van der Waals surface area contributed by atoms with E-state index >= 15 is 0 Å². The van der Waals surface area contributed by atoms with Gasteiger partial charge in [-0.1, -0.05) is 132 Å². The van der Waals surface area contributed by atoms with E-state index in [0.717, 1.165) is 134 Å². The van der Waals surface area contributed by atoms with Crippen LogP contribution in [-0.2, 0) is 25.2 Å². The molecular formula is C76H84Cl3I2N5O4. The van der Waals surface area contributed by atoms with Crippen molar-refractivity contribution in [1.82, 2.24) is 0 Å². The van der Waals surface area contributed by atoms with Crippen molar-refractivity contribution < 1.29 is 93.9 Å². The largest absolute Gasteiger partial charge is 1.00 e. The van der Waals surface area contributed by atoms with Crippen LogP contribution in [0.1, 0.15) is 129 Å². The summed E-state index contributed by atoms with van der Waals surface area (Å²) < 4.78 is 9.82. The summed E-state index contributed by atoms with van der Waals surface area (Å²) in [6.07, 6.45) is 22.7. The predicted octanol–water partition coefficient (Wildman–Crippen LogP) is 8.82. The number of carbonyl (C=O) groups is 2. The molecule has 90 heavy (non-hydrogen) atoms. The highest BCUT2D eigenvalue weighted by Gasteiger charge is 2.46. The molecule has 2 aliphatic heterocycles. The maximum Gasteiger partial charge on any atom is 0.303 e. The Balaban J connectivity index is 0.000000224. The molecule has 0 bridgehead atoms. The molecule has 0 atom stereocenters.